The third-order valence-corrected chi connectivity index (χ3v) is 4.91. The van der Waals surface area contributed by atoms with E-state index in [0.717, 1.165) is 4.47 Å². The average Bonchev–Trinajstić information content (AvgIpc) is 2.37. The molecule has 0 amide bonds. The van der Waals surface area contributed by atoms with Gasteiger partial charge in [-0.05, 0) is 30.3 Å². The van der Waals surface area contributed by atoms with Crippen LogP contribution in [0.4, 0.5) is 11.4 Å². The number of rotatable bonds is 4. The molecule has 2 N–H and O–H groups in total. The summed E-state index contributed by atoms with van der Waals surface area (Å²) in [5, 5.41) is 11.4. The summed E-state index contributed by atoms with van der Waals surface area (Å²) in [6.45, 7) is 0. The number of nitrogens with two attached hydrogens (primary N) is 1. The molecule has 21 heavy (non-hydrogen) atoms. The Balaban J connectivity index is 2.35. The summed E-state index contributed by atoms with van der Waals surface area (Å²) in [6, 6.07) is 9.17. The maximum absolute atomic E-state index is 12.4. The first kappa shape index (κ1) is 15.9. The second-order valence-corrected chi connectivity index (χ2v) is 6.97. The molecule has 2 aromatic rings. The van der Waals surface area contributed by atoms with E-state index >= 15 is 0 Å². The standard InChI is InChI=1S/C13H10BrClN2O3S/c14-9-1-4-13(11(16)6-9)21(20)7-8-5-10(15)2-3-12(8)17(18)19/h1-6H,7,16H2. The van der Waals surface area contributed by atoms with Gasteiger partial charge in [-0.15, -0.1) is 0 Å². The van der Waals surface area contributed by atoms with E-state index in [1.807, 2.05) is 0 Å². The Bertz CT molecular complexity index is 739. The molecule has 0 bridgehead atoms. The largest absolute Gasteiger partial charge is 0.398 e. The minimum atomic E-state index is -1.50. The van der Waals surface area contributed by atoms with Crippen LogP contribution in [0.5, 0.6) is 0 Å². The van der Waals surface area contributed by atoms with E-state index in [9.17, 15) is 14.3 Å². The highest BCUT2D eigenvalue weighted by Gasteiger charge is 2.18. The van der Waals surface area contributed by atoms with Crippen LogP contribution in [0.2, 0.25) is 5.02 Å². The maximum Gasteiger partial charge on any atom is 0.273 e. The quantitative estimate of drug-likeness (QED) is 0.488. The van der Waals surface area contributed by atoms with E-state index in [1.54, 1.807) is 18.2 Å². The molecular formula is C13H10BrClN2O3S. The van der Waals surface area contributed by atoms with Crippen molar-refractivity contribution in [3.05, 3.63) is 61.6 Å². The minimum Gasteiger partial charge on any atom is -0.398 e. The lowest BCUT2D eigenvalue weighted by molar-refractivity contribution is -0.385. The van der Waals surface area contributed by atoms with Gasteiger partial charge in [0.15, 0.2) is 0 Å². The second kappa shape index (κ2) is 6.55. The van der Waals surface area contributed by atoms with E-state index in [0.29, 0.717) is 21.2 Å². The molecule has 110 valence electrons. The third-order valence-electron chi connectivity index (χ3n) is 2.74. The van der Waals surface area contributed by atoms with Crippen LogP contribution >= 0.6 is 27.5 Å². The number of nitro groups is 1. The smallest absolute Gasteiger partial charge is 0.273 e. The topological polar surface area (TPSA) is 86.2 Å². The summed E-state index contributed by atoms with van der Waals surface area (Å²) < 4.78 is 13.2. The molecule has 2 rings (SSSR count). The lowest BCUT2D eigenvalue weighted by Gasteiger charge is -2.07. The highest BCUT2D eigenvalue weighted by atomic mass is 79.9. The van der Waals surface area contributed by atoms with Crippen molar-refractivity contribution in [1.29, 1.82) is 0 Å². The molecule has 0 aromatic heterocycles. The number of nitrogens with zero attached hydrogens (tertiary/aromatic N) is 1. The van der Waals surface area contributed by atoms with Gasteiger partial charge < -0.3 is 5.73 Å². The monoisotopic (exact) mass is 388 g/mol. The predicted octanol–water partition coefficient (Wildman–Crippen LogP) is 3.90. The van der Waals surface area contributed by atoms with Crippen LogP contribution in [0.3, 0.4) is 0 Å². The van der Waals surface area contributed by atoms with Gasteiger partial charge in [0.1, 0.15) is 0 Å². The van der Waals surface area contributed by atoms with Gasteiger partial charge in [-0.25, -0.2) is 0 Å². The number of hydrogen-bond acceptors (Lipinski definition) is 4. The summed E-state index contributed by atoms with van der Waals surface area (Å²) in [6.07, 6.45) is 0. The van der Waals surface area contributed by atoms with Crippen LogP contribution < -0.4 is 5.73 Å². The fraction of sp³-hybridized carbons (Fsp3) is 0.0769. The van der Waals surface area contributed by atoms with Gasteiger partial charge >= 0.3 is 0 Å². The predicted molar refractivity (Wildman–Crippen MR) is 86.8 cm³/mol. The summed E-state index contributed by atoms with van der Waals surface area (Å²) in [7, 11) is -1.50. The zero-order valence-corrected chi connectivity index (χ0v) is 13.7. The number of benzene rings is 2. The SMILES string of the molecule is Nc1cc(Br)ccc1S(=O)Cc1cc(Cl)ccc1[N+](=O)[O-]. The Morgan fingerprint density at radius 3 is 2.62 bits per heavy atom. The van der Waals surface area contributed by atoms with Crippen LogP contribution in [0, 0.1) is 10.1 Å². The number of hydrogen-bond donors (Lipinski definition) is 1. The van der Waals surface area contributed by atoms with E-state index in [2.05, 4.69) is 15.9 Å². The molecule has 0 saturated heterocycles. The van der Waals surface area contributed by atoms with Crippen LogP contribution in [0.25, 0.3) is 0 Å². The van der Waals surface area contributed by atoms with Crippen molar-refractivity contribution in [2.75, 3.05) is 5.73 Å². The lowest BCUT2D eigenvalue weighted by Crippen LogP contribution is -2.03. The van der Waals surface area contributed by atoms with Gasteiger partial charge in [-0.3, -0.25) is 14.3 Å². The van der Waals surface area contributed by atoms with E-state index in [1.165, 1.54) is 18.2 Å². The van der Waals surface area contributed by atoms with Crippen molar-refractivity contribution in [2.24, 2.45) is 0 Å². The number of halogens is 2. The van der Waals surface area contributed by atoms with E-state index in [4.69, 9.17) is 17.3 Å². The van der Waals surface area contributed by atoms with E-state index < -0.39 is 15.7 Å². The van der Waals surface area contributed by atoms with Crippen molar-refractivity contribution in [1.82, 2.24) is 0 Å². The summed E-state index contributed by atoms with van der Waals surface area (Å²) in [5.41, 5.74) is 6.39. The molecule has 0 aliphatic rings. The molecule has 0 aliphatic heterocycles. The second-order valence-electron chi connectivity index (χ2n) is 4.20. The molecular weight excluding hydrogens is 380 g/mol. The van der Waals surface area contributed by atoms with Crippen molar-refractivity contribution in [3.63, 3.8) is 0 Å². The first-order chi connectivity index (χ1) is 9.88. The average molecular weight is 390 g/mol. The molecule has 0 fully saturated rings. The Labute approximate surface area is 136 Å². The zero-order chi connectivity index (χ0) is 15.6. The Kier molecular flexibility index (Phi) is 4.97. The maximum atomic E-state index is 12.4. The summed E-state index contributed by atoms with van der Waals surface area (Å²) in [5.74, 6) is -0.0251. The number of nitrogen functional groups attached to an aromatic ring is 1. The van der Waals surface area contributed by atoms with Crippen LogP contribution in [-0.4, -0.2) is 9.13 Å². The van der Waals surface area contributed by atoms with E-state index in [-0.39, 0.29) is 11.4 Å². The normalized spacial score (nSPS) is 12.1. The fourth-order valence-electron chi connectivity index (χ4n) is 1.79. The first-order valence-corrected chi connectivity index (χ1v) is 8.23. The van der Waals surface area contributed by atoms with Crippen LogP contribution in [0.15, 0.2) is 45.8 Å². The van der Waals surface area contributed by atoms with Gasteiger partial charge in [-0.2, -0.15) is 0 Å². The molecule has 0 saturated carbocycles. The molecule has 0 spiro atoms. The first-order valence-electron chi connectivity index (χ1n) is 5.74. The molecule has 1 atom stereocenters. The zero-order valence-electron chi connectivity index (χ0n) is 10.6. The Morgan fingerprint density at radius 1 is 1.29 bits per heavy atom. The number of anilines is 1. The van der Waals surface area contributed by atoms with Crippen molar-refractivity contribution in [3.8, 4) is 0 Å². The number of nitro benzene ring substituents is 1. The van der Waals surface area contributed by atoms with Gasteiger partial charge in [0.25, 0.3) is 5.69 Å². The van der Waals surface area contributed by atoms with Crippen molar-refractivity contribution in [2.45, 2.75) is 10.6 Å². The Hall–Kier alpha value is -1.44. The molecule has 0 aliphatic carbocycles. The molecule has 8 heteroatoms. The summed E-state index contributed by atoms with van der Waals surface area (Å²) in [4.78, 5) is 10.9. The van der Waals surface area contributed by atoms with Gasteiger partial charge in [0, 0.05) is 26.8 Å². The van der Waals surface area contributed by atoms with Crippen molar-refractivity contribution >= 4 is 49.7 Å². The van der Waals surface area contributed by atoms with Crippen LogP contribution in [0.1, 0.15) is 5.56 Å². The van der Waals surface area contributed by atoms with Crippen molar-refractivity contribution < 1.29 is 9.13 Å². The lowest BCUT2D eigenvalue weighted by atomic mass is 10.2. The summed E-state index contributed by atoms with van der Waals surface area (Å²) >= 11 is 9.12. The molecule has 5 nitrogen and oxygen atoms in total. The minimum absolute atomic E-state index is 0.0251. The fourth-order valence-corrected chi connectivity index (χ4v) is 3.58. The highest BCUT2D eigenvalue weighted by molar-refractivity contribution is 9.10. The molecule has 2 aromatic carbocycles. The molecule has 1 unspecified atom stereocenters. The third kappa shape index (κ3) is 3.81. The van der Waals surface area contributed by atoms with Gasteiger partial charge in [-0.1, -0.05) is 27.5 Å². The van der Waals surface area contributed by atoms with Gasteiger partial charge in [0.2, 0.25) is 0 Å². The molecule has 0 radical (unpaired) electrons. The highest BCUT2D eigenvalue weighted by Crippen LogP contribution is 2.28. The molecule has 0 heterocycles. The van der Waals surface area contributed by atoms with Gasteiger partial charge in [0.05, 0.1) is 26.4 Å². The van der Waals surface area contributed by atoms with Crippen LogP contribution in [-0.2, 0) is 16.6 Å². The Morgan fingerprint density at radius 2 is 2.00 bits per heavy atom.